The number of carbonyl (C=O) groups is 1. The normalized spacial score (nSPS) is 11.2. The maximum Gasteiger partial charge on any atom is 0.264 e. The van der Waals surface area contributed by atoms with E-state index in [0.717, 1.165) is 22.2 Å². The number of halogens is 1. The number of hydrogen-bond donors (Lipinski definition) is 1. The Hall–Kier alpha value is -2.98. The van der Waals surface area contributed by atoms with Gasteiger partial charge in [-0.2, -0.15) is 11.8 Å². The first-order valence-electron chi connectivity index (χ1n) is 9.69. The molecule has 0 bridgehead atoms. The molecule has 0 spiro atoms. The first-order valence-corrected chi connectivity index (χ1v) is 12.3. The van der Waals surface area contributed by atoms with Crippen LogP contribution in [0.5, 0.6) is 5.75 Å². The van der Waals surface area contributed by atoms with Crippen LogP contribution in [-0.2, 0) is 20.6 Å². The molecule has 2 aromatic carbocycles. The van der Waals surface area contributed by atoms with Gasteiger partial charge < -0.3 is 14.5 Å². The lowest BCUT2D eigenvalue weighted by Crippen LogP contribution is -2.41. The predicted octanol–water partition coefficient (Wildman–Crippen LogP) is 3.67. The highest BCUT2D eigenvalue weighted by atomic mass is 32.2. The van der Waals surface area contributed by atoms with Gasteiger partial charge in [0.1, 0.15) is 23.9 Å². The third-order valence-electron chi connectivity index (χ3n) is 4.44. The fourth-order valence-corrected chi connectivity index (χ4v) is 4.99. The van der Waals surface area contributed by atoms with Gasteiger partial charge in [0.15, 0.2) is 0 Å². The number of nitrogens with zero attached hydrogens (tertiary/aromatic N) is 1. The Balaban J connectivity index is 1.69. The summed E-state index contributed by atoms with van der Waals surface area (Å²) in [6, 6.07) is 14.5. The minimum Gasteiger partial charge on any atom is -0.497 e. The van der Waals surface area contributed by atoms with Gasteiger partial charge in [-0.05, 0) is 60.7 Å². The van der Waals surface area contributed by atoms with Crippen molar-refractivity contribution in [3.8, 4) is 5.75 Å². The van der Waals surface area contributed by atoms with Crippen LogP contribution >= 0.6 is 11.8 Å². The Labute approximate surface area is 190 Å². The highest BCUT2D eigenvalue weighted by Gasteiger charge is 2.27. The molecule has 0 saturated carbocycles. The second kappa shape index (κ2) is 11.1. The van der Waals surface area contributed by atoms with Crippen LogP contribution in [0.2, 0.25) is 0 Å². The van der Waals surface area contributed by atoms with Crippen molar-refractivity contribution in [1.29, 1.82) is 0 Å². The molecule has 32 heavy (non-hydrogen) atoms. The van der Waals surface area contributed by atoms with Crippen molar-refractivity contribution in [2.45, 2.75) is 10.6 Å². The SMILES string of the molecule is COc1ccc(N(CC(=O)NCCSCc2ccco2)S(=O)(=O)c2ccc(F)cc2)cc1. The fourth-order valence-electron chi connectivity index (χ4n) is 2.81. The van der Waals surface area contributed by atoms with Crippen molar-refractivity contribution >= 4 is 33.4 Å². The number of nitrogens with one attached hydrogen (secondary N) is 1. The lowest BCUT2D eigenvalue weighted by molar-refractivity contribution is -0.119. The van der Waals surface area contributed by atoms with Crippen LogP contribution in [0.25, 0.3) is 0 Å². The Kier molecular flexibility index (Phi) is 8.18. The summed E-state index contributed by atoms with van der Waals surface area (Å²) in [5, 5.41) is 2.74. The van der Waals surface area contributed by atoms with Gasteiger partial charge in [-0.1, -0.05) is 0 Å². The molecule has 1 aromatic heterocycles. The molecule has 0 aliphatic rings. The van der Waals surface area contributed by atoms with Crippen molar-refractivity contribution in [2.24, 2.45) is 0 Å². The van der Waals surface area contributed by atoms with Crippen LogP contribution in [0.1, 0.15) is 5.76 Å². The van der Waals surface area contributed by atoms with Crippen molar-refractivity contribution in [3.63, 3.8) is 0 Å². The average Bonchev–Trinajstić information content (AvgIpc) is 3.31. The highest BCUT2D eigenvalue weighted by molar-refractivity contribution is 7.98. The molecule has 0 fully saturated rings. The highest BCUT2D eigenvalue weighted by Crippen LogP contribution is 2.26. The molecule has 1 heterocycles. The number of anilines is 1. The number of amides is 1. The van der Waals surface area contributed by atoms with E-state index in [2.05, 4.69) is 5.32 Å². The molecule has 0 atom stereocenters. The van der Waals surface area contributed by atoms with Gasteiger partial charge in [-0.25, -0.2) is 12.8 Å². The molecule has 3 rings (SSSR count). The number of ether oxygens (including phenoxy) is 1. The van der Waals surface area contributed by atoms with E-state index < -0.39 is 28.3 Å². The monoisotopic (exact) mass is 478 g/mol. The van der Waals surface area contributed by atoms with Gasteiger partial charge in [0, 0.05) is 12.3 Å². The molecule has 170 valence electrons. The van der Waals surface area contributed by atoms with Crippen LogP contribution in [0.15, 0.2) is 76.2 Å². The number of hydrogen-bond acceptors (Lipinski definition) is 6. The van der Waals surface area contributed by atoms with Gasteiger partial charge in [-0.15, -0.1) is 0 Å². The third kappa shape index (κ3) is 6.27. The van der Waals surface area contributed by atoms with Crippen molar-refractivity contribution in [2.75, 3.05) is 30.3 Å². The van der Waals surface area contributed by atoms with Crippen LogP contribution in [0.4, 0.5) is 10.1 Å². The molecular weight excluding hydrogens is 455 g/mol. The summed E-state index contributed by atoms with van der Waals surface area (Å²) in [6.45, 7) is -0.0495. The van der Waals surface area contributed by atoms with Crippen LogP contribution in [0, 0.1) is 5.82 Å². The van der Waals surface area contributed by atoms with Crippen molar-refractivity contribution in [1.82, 2.24) is 5.32 Å². The first kappa shape index (κ1) is 23.7. The Bertz CT molecular complexity index is 1100. The molecule has 10 heteroatoms. The van der Waals surface area contributed by atoms with E-state index in [4.69, 9.17) is 9.15 Å². The largest absolute Gasteiger partial charge is 0.497 e. The zero-order valence-corrected chi connectivity index (χ0v) is 19.0. The molecule has 3 aromatic rings. The van der Waals surface area contributed by atoms with E-state index in [-0.39, 0.29) is 10.6 Å². The summed E-state index contributed by atoms with van der Waals surface area (Å²) in [5.41, 5.74) is 0.289. The minimum atomic E-state index is -4.10. The second-order valence-electron chi connectivity index (χ2n) is 6.65. The Morgan fingerprint density at radius 2 is 1.84 bits per heavy atom. The molecule has 0 saturated heterocycles. The lowest BCUT2D eigenvalue weighted by atomic mass is 10.3. The molecule has 0 radical (unpaired) electrons. The average molecular weight is 479 g/mol. The predicted molar refractivity (Wildman–Crippen MR) is 122 cm³/mol. The fraction of sp³-hybridized carbons (Fsp3) is 0.227. The summed E-state index contributed by atoms with van der Waals surface area (Å²) in [7, 11) is -2.60. The van der Waals surface area contributed by atoms with Crippen LogP contribution in [-0.4, -0.2) is 40.3 Å². The number of methoxy groups -OCH3 is 1. The van der Waals surface area contributed by atoms with E-state index in [0.29, 0.717) is 23.8 Å². The van der Waals surface area contributed by atoms with Gasteiger partial charge >= 0.3 is 0 Å². The van der Waals surface area contributed by atoms with Crippen molar-refractivity contribution < 1.29 is 26.8 Å². The van der Waals surface area contributed by atoms with E-state index >= 15 is 0 Å². The topological polar surface area (TPSA) is 88.8 Å². The molecule has 1 N–H and O–H groups in total. The number of carbonyl (C=O) groups excluding carboxylic acids is 1. The summed E-state index contributed by atoms with van der Waals surface area (Å²) < 4.78 is 51.1. The smallest absolute Gasteiger partial charge is 0.264 e. The van der Waals surface area contributed by atoms with Gasteiger partial charge in [0.25, 0.3) is 10.0 Å². The van der Waals surface area contributed by atoms with Gasteiger partial charge in [-0.3, -0.25) is 9.10 Å². The van der Waals surface area contributed by atoms with Gasteiger partial charge in [0.2, 0.25) is 5.91 Å². The standard InChI is InChI=1S/C22H23FN2O5S2/c1-29-19-8-6-18(7-9-19)25(32(27,28)21-10-4-17(23)5-11-21)15-22(26)24-12-14-31-16-20-3-2-13-30-20/h2-11,13H,12,14-16H2,1H3,(H,24,26). The zero-order valence-electron chi connectivity index (χ0n) is 17.4. The van der Waals surface area contributed by atoms with Crippen LogP contribution in [0.3, 0.4) is 0 Å². The number of rotatable bonds is 11. The van der Waals surface area contributed by atoms with E-state index in [9.17, 15) is 17.6 Å². The second-order valence-corrected chi connectivity index (χ2v) is 9.61. The summed E-state index contributed by atoms with van der Waals surface area (Å²) >= 11 is 1.59. The Morgan fingerprint density at radius 3 is 2.47 bits per heavy atom. The van der Waals surface area contributed by atoms with Crippen LogP contribution < -0.4 is 14.4 Å². The quantitative estimate of drug-likeness (QED) is 0.423. The lowest BCUT2D eigenvalue weighted by Gasteiger charge is -2.24. The molecule has 7 nitrogen and oxygen atoms in total. The number of sulfonamides is 1. The molecule has 0 aliphatic carbocycles. The summed E-state index contributed by atoms with van der Waals surface area (Å²) in [4.78, 5) is 12.4. The third-order valence-corrected chi connectivity index (χ3v) is 7.21. The summed E-state index contributed by atoms with van der Waals surface area (Å²) in [6.07, 6.45) is 1.60. The van der Waals surface area contributed by atoms with Gasteiger partial charge in [0.05, 0.1) is 29.7 Å². The zero-order chi connectivity index (χ0) is 23.0. The summed E-state index contributed by atoms with van der Waals surface area (Å²) in [5.74, 6) is 1.71. The maximum absolute atomic E-state index is 13.3. The molecule has 0 unspecified atom stereocenters. The molecule has 0 aliphatic heterocycles. The van der Waals surface area contributed by atoms with E-state index in [1.807, 2.05) is 12.1 Å². The van der Waals surface area contributed by atoms with E-state index in [1.165, 1.54) is 19.2 Å². The number of furan rings is 1. The van der Waals surface area contributed by atoms with Crippen molar-refractivity contribution in [3.05, 3.63) is 78.5 Å². The van der Waals surface area contributed by atoms with E-state index in [1.54, 1.807) is 42.3 Å². The first-order chi connectivity index (χ1) is 15.4. The molecular formula is C22H23FN2O5S2. The number of thioether (sulfide) groups is 1. The maximum atomic E-state index is 13.3. The Morgan fingerprint density at radius 1 is 1.12 bits per heavy atom. The minimum absolute atomic E-state index is 0.114. The number of benzene rings is 2. The molecule has 1 amide bonds.